The van der Waals surface area contributed by atoms with Gasteiger partial charge in [-0.15, -0.1) is 0 Å². The summed E-state index contributed by atoms with van der Waals surface area (Å²) in [6.07, 6.45) is -6.80. The number of phenolic OH excluding ortho intramolecular Hbond substituents is 1. The first-order valence-electron chi connectivity index (χ1n) is 13.8. The van der Waals surface area contributed by atoms with Gasteiger partial charge >= 0.3 is 5.97 Å². The lowest BCUT2D eigenvalue weighted by Gasteiger charge is -2.47. The number of aliphatic hydroxyl groups excluding tert-OH is 2. The molecule has 3 N–H and O–H groups in total. The Kier molecular flexibility index (Phi) is 6.83. The Morgan fingerprint density at radius 1 is 0.881 bits per heavy atom. The highest BCUT2D eigenvalue weighted by Gasteiger charge is 2.56. The summed E-state index contributed by atoms with van der Waals surface area (Å²) in [6.45, 7) is 1.93. The van der Waals surface area contributed by atoms with Gasteiger partial charge in [0, 0.05) is 11.8 Å². The van der Waals surface area contributed by atoms with Gasteiger partial charge in [-0.2, -0.15) is 0 Å². The average Bonchev–Trinajstić information content (AvgIpc) is 3.61. The number of rotatable bonds is 5. The molecule has 0 spiro atoms. The number of aliphatic hydroxyl groups is 2. The highest BCUT2D eigenvalue weighted by atomic mass is 16.8. The normalized spacial score (nSPS) is 36.5. The third kappa shape index (κ3) is 4.26. The summed E-state index contributed by atoms with van der Waals surface area (Å²) in [6, 6.07) is 6.93. The van der Waals surface area contributed by atoms with E-state index in [-0.39, 0.29) is 37.3 Å². The minimum Gasteiger partial charge on any atom is -0.502 e. The molecule has 7 rings (SSSR count). The lowest BCUT2D eigenvalue weighted by molar-refractivity contribution is -0.364. The molecule has 4 aliphatic heterocycles. The molecule has 0 aromatic heterocycles. The fourth-order valence-corrected chi connectivity index (χ4v) is 6.74. The minimum atomic E-state index is -1.44. The lowest BCUT2D eigenvalue weighted by Crippen LogP contribution is -2.63. The maximum atomic E-state index is 13.4. The van der Waals surface area contributed by atoms with Gasteiger partial charge < -0.3 is 58.0 Å². The number of esters is 1. The quantitative estimate of drug-likeness (QED) is 0.430. The van der Waals surface area contributed by atoms with Crippen molar-refractivity contribution in [3.63, 3.8) is 0 Å². The second-order valence-corrected chi connectivity index (χ2v) is 11.0. The van der Waals surface area contributed by atoms with E-state index < -0.39 is 66.8 Å². The van der Waals surface area contributed by atoms with E-state index in [0.717, 1.165) is 0 Å². The molecule has 0 bridgehead atoms. The van der Waals surface area contributed by atoms with Gasteiger partial charge in [-0.25, -0.2) is 0 Å². The summed E-state index contributed by atoms with van der Waals surface area (Å²) >= 11 is 0. The Morgan fingerprint density at radius 3 is 2.26 bits per heavy atom. The minimum absolute atomic E-state index is 0.0301. The lowest BCUT2D eigenvalue weighted by atomic mass is 9.66. The van der Waals surface area contributed by atoms with Crippen LogP contribution in [0, 0.1) is 11.8 Å². The zero-order valence-corrected chi connectivity index (χ0v) is 23.1. The summed E-state index contributed by atoms with van der Waals surface area (Å²) in [5.74, 6) is -1.02. The van der Waals surface area contributed by atoms with Gasteiger partial charge in [0.15, 0.2) is 35.6 Å². The van der Waals surface area contributed by atoms with Crippen molar-refractivity contribution in [3.8, 4) is 28.7 Å². The topological polar surface area (TPSA) is 161 Å². The smallest absolute Gasteiger partial charge is 0.310 e. The fraction of sp³-hybridized carbons (Fsp3) is 0.552. The van der Waals surface area contributed by atoms with Crippen LogP contribution in [0.15, 0.2) is 24.3 Å². The second kappa shape index (κ2) is 10.4. The molecular formula is C29H32O13. The Hall–Kier alpha value is -3.33. The van der Waals surface area contributed by atoms with Crippen molar-refractivity contribution in [3.05, 3.63) is 41.0 Å². The number of ether oxygens (including phenoxy) is 9. The van der Waals surface area contributed by atoms with Crippen molar-refractivity contribution in [1.29, 1.82) is 0 Å². The van der Waals surface area contributed by atoms with Gasteiger partial charge in [0.1, 0.15) is 24.4 Å². The summed E-state index contributed by atoms with van der Waals surface area (Å²) in [4.78, 5) is 13.4. The van der Waals surface area contributed by atoms with Crippen LogP contribution in [-0.2, 0) is 28.5 Å². The van der Waals surface area contributed by atoms with Crippen molar-refractivity contribution in [2.24, 2.45) is 11.8 Å². The van der Waals surface area contributed by atoms with Gasteiger partial charge in [-0.05, 0) is 47.9 Å². The molecular weight excluding hydrogens is 556 g/mol. The summed E-state index contributed by atoms with van der Waals surface area (Å²) in [5, 5.41) is 32.5. The van der Waals surface area contributed by atoms with E-state index in [0.29, 0.717) is 28.2 Å². The molecule has 2 aromatic carbocycles. The number of methoxy groups -OCH3 is 2. The van der Waals surface area contributed by atoms with Crippen LogP contribution in [-0.4, -0.2) is 92.5 Å². The van der Waals surface area contributed by atoms with Crippen LogP contribution < -0.4 is 18.9 Å². The van der Waals surface area contributed by atoms with Crippen molar-refractivity contribution >= 4 is 5.97 Å². The van der Waals surface area contributed by atoms with E-state index in [1.54, 1.807) is 31.2 Å². The highest BCUT2D eigenvalue weighted by molar-refractivity contribution is 5.79. The summed E-state index contributed by atoms with van der Waals surface area (Å²) in [7, 11) is 2.86. The fourth-order valence-electron chi connectivity index (χ4n) is 6.74. The van der Waals surface area contributed by atoms with E-state index in [1.807, 2.05) is 0 Å². The number of hydrogen-bond donors (Lipinski definition) is 3. The molecule has 13 heteroatoms. The van der Waals surface area contributed by atoms with Crippen LogP contribution in [0.1, 0.15) is 35.6 Å². The number of carbonyl (C=O) groups is 1. The first-order chi connectivity index (χ1) is 20.3. The van der Waals surface area contributed by atoms with Crippen LogP contribution in [0.2, 0.25) is 0 Å². The zero-order chi connectivity index (χ0) is 29.3. The maximum Gasteiger partial charge on any atom is 0.310 e. The number of cyclic esters (lactones) is 1. The Bertz CT molecular complexity index is 1350. The number of carbonyl (C=O) groups excluding carboxylic acids is 1. The first-order valence-corrected chi connectivity index (χ1v) is 13.8. The molecule has 13 nitrogen and oxygen atoms in total. The molecule has 3 saturated heterocycles. The first kappa shape index (κ1) is 27.5. The van der Waals surface area contributed by atoms with Gasteiger partial charge in [-0.3, -0.25) is 4.79 Å². The molecule has 0 radical (unpaired) electrons. The van der Waals surface area contributed by atoms with Crippen LogP contribution in [0.4, 0.5) is 0 Å². The van der Waals surface area contributed by atoms with Crippen molar-refractivity contribution in [1.82, 2.24) is 0 Å². The monoisotopic (exact) mass is 588 g/mol. The van der Waals surface area contributed by atoms with E-state index in [9.17, 15) is 20.1 Å². The van der Waals surface area contributed by atoms with Gasteiger partial charge in [-0.1, -0.05) is 0 Å². The van der Waals surface area contributed by atoms with Crippen LogP contribution in [0.3, 0.4) is 0 Å². The van der Waals surface area contributed by atoms with Crippen LogP contribution in [0.25, 0.3) is 0 Å². The molecule has 226 valence electrons. The molecule has 3 fully saturated rings. The molecule has 2 aromatic rings. The zero-order valence-electron chi connectivity index (χ0n) is 23.1. The number of benzene rings is 2. The van der Waals surface area contributed by atoms with Crippen molar-refractivity contribution in [2.75, 3.05) is 34.2 Å². The Morgan fingerprint density at radius 2 is 1.57 bits per heavy atom. The largest absolute Gasteiger partial charge is 0.502 e. The second-order valence-electron chi connectivity index (χ2n) is 11.0. The molecule has 5 aliphatic rings. The van der Waals surface area contributed by atoms with Crippen molar-refractivity contribution in [2.45, 2.75) is 55.9 Å². The number of hydrogen-bond acceptors (Lipinski definition) is 13. The van der Waals surface area contributed by atoms with Gasteiger partial charge in [0.25, 0.3) is 0 Å². The summed E-state index contributed by atoms with van der Waals surface area (Å²) < 4.78 is 51.5. The average molecular weight is 589 g/mol. The van der Waals surface area contributed by atoms with Crippen molar-refractivity contribution < 1.29 is 62.7 Å². The molecule has 42 heavy (non-hydrogen) atoms. The predicted octanol–water partition coefficient (Wildman–Crippen LogP) is 1.34. The summed E-state index contributed by atoms with van der Waals surface area (Å²) in [5.41, 5.74) is 2.01. The van der Waals surface area contributed by atoms with Gasteiger partial charge in [0.2, 0.25) is 12.5 Å². The van der Waals surface area contributed by atoms with Crippen LogP contribution in [0.5, 0.6) is 28.7 Å². The Labute approximate surface area is 240 Å². The molecule has 0 saturated carbocycles. The van der Waals surface area contributed by atoms with E-state index in [1.165, 1.54) is 14.2 Å². The third-order valence-electron chi connectivity index (χ3n) is 8.75. The molecule has 0 amide bonds. The standard InChI is InChI=1S/C29H32O13/c1-11-36-9-20-27(40-11)24(31)25(32)29(41-20)42-26-14-7-17-16(38-10-39-17)6-13(14)21(22-15(26)8-37-28(22)33)12-4-18(34-2)23(30)19(5-12)35-3/h4-7,11,15,20-22,24-27,29-32H,8-10H2,1-3H3/t11?,15-,20?,21+,22-,24?,25?,26?,27?,29?/m0/s1. The predicted molar refractivity (Wildman–Crippen MR) is 138 cm³/mol. The van der Waals surface area contributed by atoms with E-state index in [2.05, 4.69) is 0 Å². The van der Waals surface area contributed by atoms with Gasteiger partial charge in [0.05, 0.1) is 39.5 Å². The maximum absolute atomic E-state index is 13.4. The van der Waals surface area contributed by atoms with Crippen LogP contribution >= 0.6 is 0 Å². The Balaban J connectivity index is 1.32. The van der Waals surface area contributed by atoms with E-state index in [4.69, 9.17) is 42.6 Å². The number of aromatic hydroxyl groups is 1. The SMILES string of the molecule is COc1cc([C@@H]2c3cc4c(cc3C(OC3OC5COC(C)OC5C(O)C3O)[C@H]3COC(=O)[C@H]23)OCO4)cc(OC)c1O. The van der Waals surface area contributed by atoms with E-state index >= 15 is 0 Å². The number of phenols is 1. The molecule has 7 unspecified atom stereocenters. The molecule has 1 aliphatic carbocycles. The number of fused-ring (bicyclic) bond motifs is 4. The highest BCUT2D eigenvalue weighted by Crippen LogP contribution is 2.57. The molecule has 4 heterocycles. The molecule has 10 atom stereocenters. The third-order valence-corrected chi connectivity index (χ3v) is 8.75.